The molecule has 0 aliphatic rings. The quantitative estimate of drug-likeness (QED) is 0.355. The van der Waals surface area contributed by atoms with Crippen molar-refractivity contribution < 1.29 is 29.6 Å². The monoisotopic (exact) mass is 108 g/mol. The molecular weight excluding hydrogens is 105 g/mol. The smallest absolute Gasteiger partial charge is 0.253 e. The first-order valence-electron chi connectivity index (χ1n) is 1.32. The minimum absolute atomic E-state index is 0. The molecule has 26 valence electrons. The van der Waals surface area contributed by atoms with Gasteiger partial charge in [0.2, 0.25) is 0 Å². The van der Waals surface area contributed by atoms with Crippen LogP contribution in [0, 0.1) is 0 Å². The summed E-state index contributed by atoms with van der Waals surface area (Å²) in [4.78, 5) is 3.74. The van der Waals surface area contributed by atoms with E-state index in [0.29, 0.717) is 0 Å². The van der Waals surface area contributed by atoms with Gasteiger partial charge in [-0.2, -0.15) is 0 Å². The van der Waals surface area contributed by atoms with Gasteiger partial charge < -0.3 is 0 Å². The predicted octanol–water partition coefficient (Wildman–Crippen LogP) is -1.85. The first kappa shape index (κ1) is 6.63. The topological polar surface area (TPSA) is 12.9 Å². The van der Waals surface area contributed by atoms with Crippen LogP contribution in [-0.2, 0) is 0 Å². The van der Waals surface area contributed by atoms with E-state index in [1.54, 1.807) is 23.0 Å². The molecule has 0 N–H and O–H groups in total. The van der Waals surface area contributed by atoms with E-state index >= 15 is 0 Å². The Morgan fingerprint density at radius 3 is 2.50 bits per heavy atom. The molecule has 0 saturated carbocycles. The second kappa shape index (κ2) is 3.81. The molecule has 0 spiro atoms. The van der Waals surface area contributed by atoms with E-state index in [4.69, 9.17) is 0 Å². The van der Waals surface area contributed by atoms with E-state index in [1.807, 2.05) is 5.38 Å². The molecule has 0 unspecified atom stereocenters. The van der Waals surface area contributed by atoms with Gasteiger partial charge in [0.15, 0.2) is 0 Å². The maximum atomic E-state index is 3.74. The summed E-state index contributed by atoms with van der Waals surface area (Å²) in [7, 11) is 0. The normalized spacial score (nSPS) is 6.67. The van der Waals surface area contributed by atoms with Crippen LogP contribution in [0.15, 0.2) is 17.1 Å². The third-order valence-electron chi connectivity index (χ3n) is 0.347. The Hall–Kier alpha value is 0.630. The van der Waals surface area contributed by atoms with Gasteiger partial charge in [-0.1, -0.05) is 0 Å². The van der Waals surface area contributed by atoms with Crippen LogP contribution < -0.4 is 29.6 Å². The van der Waals surface area contributed by atoms with Crippen LogP contribution >= 0.6 is 11.3 Å². The van der Waals surface area contributed by atoms with Crippen molar-refractivity contribution in [2.45, 2.75) is 0 Å². The van der Waals surface area contributed by atoms with Crippen LogP contribution in [0.25, 0.3) is 0 Å². The van der Waals surface area contributed by atoms with Gasteiger partial charge in [-0.25, -0.2) is 0 Å². The molecule has 0 saturated heterocycles. The fraction of sp³-hybridized carbons (Fsp3) is 0. The van der Waals surface area contributed by atoms with Crippen molar-refractivity contribution in [1.29, 1.82) is 0 Å². The minimum Gasteiger partial charge on any atom is -0.253 e. The van der Waals surface area contributed by atoms with E-state index < -0.39 is 0 Å². The molecule has 0 atom stereocenters. The second-order valence-electron chi connectivity index (χ2n) is 0.676. The summed E-state index contributed by atoms with van der Waals surface area (Å²) in [6, 6.07) is 0. The van der Waals surface area contributed by atoms with Gasteiger partial charge in [0, 0.05) is 11.6 Å². The third kappa shape index (κ3) is 1.92. The molecule has 1 aromatic rings. The molecule has 0 aliphatic carbocycles. The van der Waals surface area contributed by atoms with Crippen molar-refractivity contribution in [3.8, 4) is 0 Å². The van der Waals surface area contributed by atoms with Crippen LogP contribution in [0.5, 0.6) is 0 Å². The predicted molar refractivity (Wildman–Crippen MR) is 22.1 cm³/mol. The average Bonchev–Trinajstić information content (AvgIpc) is 1.76. The third-order valence-corrected chi connectivity index (χ3v) is 0.869. The van der Waals surface area contributed by atoms with Gasteiger partial charge in [-0.05, 0) is 0 Å². The van der Waals surface area contributed by atoms with E-state index in [2.05, 4.69) is 4.98 Å². The number of rotatable bonds is 0. The fourth-order valence-corrected chi connectivity index (χ4v) is 0.527. The Labute approximate surface area is 62.7 Å². The van der Waals surface area contributed by atoms with Crippen molar-refractivity contribution in [2.24, 2.45) is 0 Å². The van der Waals surface area contributed by atoms with E-state index in [9.17, 15) is 0 Å². The summed E-state index contributed by atoms with van der Waals surface area (Å²) in [5, 5.41) is 1.93. The Kier molecular flexibility index (Phi) is 4.21. The molecule has 0 fully saturated rings. The number of hydrogen-bond donors (Lipinski definition) is 0. The summed E-state index contributed by atoms with van der Waals surface area (Å²) in [5.41, 5.74) is 1.79. The Bertz CT molecular complexity index is 67.3. The summed E-state index contributed by atoms with van der Waals surface area (Å²) in [6.07, 6.45) is 1.77. The average molecular weight is 108 g/mol. The van der Waals surface area contributed by atoms with Gasteiger partial charge >= 0.3 is 29.6 Å². The van der Waals surface area contributed by atoms with Gasteiger partial charge in [-0.3, -0.25) is 4.98 Å². The molecule has 0 aromatic carbocycles. The molecule has 0 radical (unpaired) electrons. The first-order valence-corrected chi connectivity index (χ1v) is 2.26. The Morgan fingerprint density at radius 2 is 2.33 bits per heavy atom. The van der Waals surface area contributed by atoms with Gasteiger partial charge in [0.05, 0.1) is 5.51 Å². The fourth-order valence-electron chi connectivity index (χ4n) is 0.176. The SMILES string of the molecule is [Na+].c1cscn1. The zero-order valence-electron chi connectivity index (χ0n) is 3.59. The molecular formula is C3H3NNaS+. The number of aromatic nitrogens is 1. The molecule has 1 nitrogen and oxygen atoms in total. The minimum atomic E-state index is 0. The van der Waals surface area contributed by atoms with Crippen molar-refractivity contribution in [2.75, 3.05) is 0 Å². The summed E-state index contributed by atoms with van der Waals surface area (Å²) < 4.78 is 0. The number of hydrogen-bond acceptors (Lipinski definition) is 2. The van der Waals surface area contributed by atoms with Crippen molar-refractivity contribution >= 4 is 11.3 Å². The zero-order chi connectivity index (χ0) is 3.54. The molecule has 0 aliphatic heterocycles. The molecule has 1 rings (SSSR count). The van der Waals surface area contributed by atoms with E-state index in [1.165, 1.54) is 0 Å². The number of thiazole rings is 1. The maximum Gasteiger partial charge on any atom is 1.00 e. The first-order chi connectivity index (χ1) is 2.50. The molecule has 0 bridgehead atoms. The van der Waals surface area contributed by atoms with Crippen molar-refractivity contribution in [3.05, 3.63) is 17.1 Å². The van der Waals surface area contributed by atoms with Crippen molar-refractivity contribution in [1.82, 2.24) is 4.98 Å². The summed E-state index contributed by atoms with van der Waals surface area (Å²) in [5.74, 6) is 0. The van der Waals surface area contributed by atoms with E-state index in [0.717, 1.165) is 0 Å². The second-order valence-corrected chi connectivity index (χ2v) is 1.43. The van der Waals surface area contributed by atoms with Crippen LogP contribution in [0.3, 0.4) is 0 Å². The molecule has 3 heteroatoms. The Balaban J connectivity index is 0.000000250. The summed E-state index contributed by atoms with van der Waals surface area (Å²) >= 11 is 1.60. The van der Waals surface area contributed by atoms with E-state index in [-0.39, 0.29) is 29.6 Å². The molecule has 1 aromatic heterocycles. The van der Waals surface area contributed by atoms with Crippen LogP contribution in [0.4, 0.5) is 0 Å². The Morgan fingerprint density at radius 1 is 1.50 bits per heavy atom. The van der Waals surface area contributed by atoms with Gasteiger partial charge in [0.25, 0.3) is 0 Å². The molecule has 6 heavy (non-hydrogen) atoms. The zero-order valence-corrected chi connectivity index (χ0v) is 6.40. The van der Waals surface area contributed by atoms with Crippen LogP contribution in [0.2, 0.25) is 0 Å². The summed E-state index contributed by atoms with van der Waals surface area (Å²) in [6.45, 7) is 0. The molecule has 0 amide bonds. The largest absolute Gasteiger partial charge is 1.00 e. The van der Waals surface area contributed by atoms with Gasteiger partial charge in [0.1, 0.15) is 0 Å². The van der Waals surface area contributed by atoms with Crippen LogP contribution in [-0.4, -0.2) is 4.98 Å². The van der Waals surface area contributed by atoms with Gasteiger partial charge in [-0.15, -0.1) is 11.3 Å². The van der Waals surface area contributed by atoms with Crippen molar-refractivity contribution in [3.63, 3.8) is 0 Å². The van der Waals surface area contributed by atoms with Crippen LogP contribution in [0.1, 0.15) is 0 Å². The maximum absolute atomic E-state index is 3.74. The standard InChI is InChI=1S/C3H3NS.Na/c1-2-5-3-4-1;/h1-3H;/q;+1. The number of nitrogens with zero attached hydrogens (tertiary/aromatic N) is 1. The molecule has 1 heterocycles.